The number of hydrogen-bond acceptors (Lipinski definition) is 4. The van der Waals surface area contributed by atoms with Gasteiger partial charge < -0.3 is 0 Å². The summed E-state index contributed by atoms with van der Waals surface area (Å²) in [7, 11) is 0. The lowest BCUT2D eigenvalue weighted by Gasteiger charge is -2.06. The van der Waals surface area contributed by atoms with Gasteiger partial charge in [-0.1, -0.05) is 30.4 Å². The number of benzene rings is 1. The third-order valence-corrected chi connectivity index (χ3v) is 4.03. The van der Waals surface area contributed by atoms with Crippen molar-refractivity contribution in [2.45, 2.75) is 6.92 Å². The Kier molecular flexibility index (Phi) is 2.61. The number of pyridine rings is 1. The number of fused-ring (bicyclic) bond motifs is 2. The molecule has 0 radical (unpaired) electrons. The topological polar surface area (TPSA) is 74.7 Å². The summed E-state index contributed by atoms with van der Waals surface area (Å²) in [4.78, 5) is 4.18. The number of aryl methyl sites for hydroxylation is 1. The Morgan fingerprint density at radius 1 is 1.27 bits per heavy atom. The molecule has 0 aliphatic rings. The summed E-state index contributed by atoms with van der Waals surface area (Å²) in [6.07, 6.45) is 1.41. The SMILES string of the molecule is Cc1[nH]n(-c2ccccc2)c2c(C#N)c3ncnn3c(=S)c12. The van der Waals surface area contributed by atoms with Gasteiger partial charge in [-0.25, -0.2) is 9.50 Å². The number of rotatable bonds is 1. The van der Waals surface area contributed by atoms with Crippen molar-refractivity contribution in [3.8, 4) is 11.8 Å². The third-order valence-electron chi connectivity index (χ3n) is 3.66. The molecule has 3 aromatic heterocycles. The van der Waals surface area contributed by atoms with Crippen LogP contribution in [0.2, 0.25) is 0 Å². The molecule has 3 heterocycles. The zero-order chi connectivity index (χ0) is 15.3. The highest BCUT2D eigenvalue weighted by Gasteiger charge is 2.19. The molecule has 1 N–H and O–H groups in total. The van der Waals surface area contributed by atoms with Gasteiger partial charge in [0.2, 0.25) is 0 Å². The maximum Gasteiger partial charge on any atom is 0.176 e. The largest absolute Gasteiger partial charge is 0.297 e. The third kappa shape index (κ3) is 1.55. The first kappa shape index (κ1) is 12.7. The number of aromatic nitrogens is 5. The van der Waals surface area contributed by atoms with Crippen molar-refractivity contribution in [1.29, 1.82) is 5.26 Å². The zero-order valence-electron chi connectivity index (χ0n) is 11.6. The Balaban J connectivity index is 2.29. The normalized spacial score (nSPS) is 11.1. The average molecular weight is 306 g/mol. The molecule has 0 aliphatic heterocycles. The summed E-state index contributed by atoms with van der Waals surface area (Å²) < 4.78 is 3.95. The quantitative estimate of drug-likeness (QED) is 0.549. The molecule has 6 nitrogen and oxygen atoms in total. The molecule has 0 amide bonds. The van der Waals surface area contributed by atoms with Gasteiger partial charge in [0.1, 0.15) is 22.6 Å². The molecule has 0 bridgehead atoms. The Labute approximate surface area is 130 Å². The predicted molar refractivity (Wildman–Crippen MR) is 84.5 cm³/mol. The van der Waals surface area contributed by atoms with Crippen LogP contribution in [-0.2, 0) is 0 Å². The molecular weight excluding hydrogens is 296 g/mol. The van der Waals surface area contributed by atoms with E-state index in [0.717, 1.165) is 22.3 Å². The highest BCUT2D eigenvalue weighted by Crippen LogP contribution is 2.28. The van der Waals surface area contributed by atoms with E-state index < -0.39 is 0 Å². The van der Waals surface area contributed by atoms with E-state index in [1.54, 1.807) is 0 Å². The zero-order valence-corrected chi connectivity index (χ0v) is 12.4. The second-order valence-corrected chi connectivity index (χ2v) is 5.31. The minimum atomic E-state index is 0.453. The van der Waals surface area contributed by atoms with Crippen LogP contribution in [0, 0.1) is 22.9 Å². The summed E-state index contributed by atoms with van der Waals surface area (Å²) in [5.74, 6) is 0. The summed E-state index contributed by atoms with van der Waals surface area (Å²) in [5, 5.41) is 17.9. The van der Waals surface area contributed by atoms with Gasteiger partial charge in [-0.05, 0) is 19.1 Å². The fraction of sp³-hybridized carbons (Fsp3) is 0.0667. The van der Waals surface area contributed by atoms with Gasteiger partial charge in [0.15, 0.2) is 5.65 Å². The molecule has 0 unspecified atom stereocenters. The minimum Gasteiger partial charge on any atom is -0.297 e. The molecule has 0 saturated carbocycles. The number of H-pyrrole nitrogens is 1. The maximum absolute atomic E-state index is 9.63. The van der Waals surface area contributed by atoms with Crippen LogP contribution in [0.25, 0.3) is 22.2 Å². The van der Waals surface area contributed by atoms with E-state index in [2.05, 4.69) is 21.3 Å². The number of nitrogens with one attached hydrogen (secondary N) is 1. The van der Waals surface area contributed by atoms with Gasteiger partial charge in [0.05, 0.1) is 16.6 Å². The van der Waals surface area contributed by atoms with Crippen LogP contribution in [0.5, 0.6) is 0 Å². The van der Waals surface area contributed by atoms with Gasteiger partial charge in [-0.15, -0.1) is 0 Å². The van der Waals surface area contributed by atoms with Crippen LogP contribution in [0.15, 0.2) is 36.7 Å². The molecule has 4 rings (SSSR count). The molecule has 0 atom stereocenters. The second-order valence-electron chi connectivity index (χ2n) is 4.92. The predicted octanol–water partition coefficient (Wildman–Crippen LogP) is 2.91. The van der Waals surface area contributed by atoms with Crippen LogP contribution in [0.4, 0.5) is 0 Å². The van der Waals surface area contributed by atoms with Gasteiger partial charge in [0, 0.05) is 5.69 Å². The van der Waals surface area contributed by atoms with Gasteiger partial charge in [-0.3, -0.25) is 9.78 Å². The average Bonchev–Trinajstić information content (AvgIpc) is 3.15. The van der Waals surface area contributed by atoms with Crippen LogP contribution < -0.4 is 0 Å². The van der Waals surface area contributed by atoms with Crippen molar-refractivity contribution in [3.63, 3.8) is 0 Å². The maximum atomic E-state index is 9.63. The summed E-state index contributed by atoms with van der Waals surface area (Å²) in [6.45, 7) is 1.93. The molecule has 4 aromatic rings. The molecule has 22 heavy (non-hydrogen) atoms. The van der Waals surface area contributed by atoms with E-state index in [-0.39, 0.29) is 0 Å². The standard InChI is InChI=1S/C15H10N6S/c1-9-12-13(20(19-9)10-5-3-2-4-6-10)11(7-16)14-17-8-18-21(14)15(12)22/h2-6,8,19H,1H3. The first-order valence-electron chi connectivity index (χ1n) is 6.65. The van der Waals surface area contributed by atoms with Crippen LogP contribution in [-0.4, -0.2) is 24.4 Å². The van der Waals surface area contributed by atoms with Crippen LogP contribution in [0.3, 0.4) is 0 Å². The van der Waals surface area contributed by atoms with E-state index in [4.69, 9.17) is 12.2 Å². The molecule has 7 heteroatoms. The Hall–Kier alpha value is -2.98. The number of nitriles is 1. The number of nitrogens with zero attached hydrogens (tertiary/aromatic N) is 5. The Morgan fingerprint density at radius 3 is 2.77 bits per heavy atom. The van der Waals surface area contributed by atoms with Crippen LogP contribution >= 0.6 is 12.2 Å². The molecule has 106 valence electrons. The van der Waals surface area contributed by atoms with Gasteiger partial charge in [-0.2, -0.15) is 10.4 Å². The van der Waals surface area contributed by atoms with Gasteiger partial charge >= 0.3 is 0 Å². The molecule has 0 spiro atoms. The highest BCUT2D eigenvalue weighted by atomic mass is 32.1. The molecule has 0 saturated heterocycles. The van der Waals surface area contributed by atoms with E-state index in [1.165, 1.54) is 10.8 Å². The highest BCUT2D eigenvalue weighted by molar-refractivity contribution is 7.71. The second kappa shape index (κ2) is 4.51. The van der Waals surface area contributed by atoms with Gasteiger partial charge in [0.25, 0.3) is 0 Å². The van der Waals surface area contributed by atoms with Crippen molar-refractivity contribution < 1.29 is 0 Å². The number of aromatic amines is 1. The van der Waals surface area contributed by atoms with Crippen molar-refractivity contribution in [1.82, 2.24) is 24.4 Å². The lowest BCUT2D eigenvalue weighted by Crippen LogP contribution is -2.00. The minimum absolute atomic E-state index is 0.453. The van der Waals surface area contributed by atoms with Crippen LogP contribution in [0.1, 0.15) is 11.3 Å². The van der Waals surface area contributed by atoms with Crippen molar-refractivity contribution >= 4 is 28.8 Å². The summed E-state index contributed by atoms with van der Waals surface area (Å²) in [5.41, 5.74) is 3.47. The van der Waals surface area contributed by atoms with Crippen molar-refractivity contribution in [2.75, 3.05) is 0 Å². The lowest BCUT2D eigenvalue weighted by atomic mass is 10.2. The van der Waals surface area contributed by atoms with E-state index >= 15 is 0 Å². The van der Waals surface area contributed by atoms with E-state index in [0.29, 0.717) is 15.9 Å². The fourth-order valence-electron chi connectivity index (χ4n) is 2.71. The molecule has 1 aromatic carbocycles. The summed E-state index contributed by atoms with van der Waals surface area (Å²) in [6, 6.07) is 12.0. The lowest BCUT2D eigenvalue weighted by molar-refractivity contribution is 0.888. The monoisotopic (exact) mass is 306 g/mol. The Morgan fingerprint density at radius 2 is 2.05 bits per heavy atom. The fourth-order valence-corrected chi connectivity index (χ4v) is 3.10. The molecule has 0 aliphatic carbocycles. The number of para-hydroxylation sites is 1. The molecule has 0 fully saturated rings. The first-order chi connectivity index (χ1) is 10.7. The number of hydrogen-bond donors (Lipinski definition) is 1. The summed E-state index contributed by atoms with van der Waals surface area (Å²) >= 11 is 5.53. The smallest absolute Gasteiger partial charge is 0.176 e. The Bertz CT molecular complexity index is 1110. The molecular formula is C15H10N6S. The van der Waals surface area contributed by atoms with Crippen molar-refractivity contribution in [3.05, 3.63) is 52.6 Å². The first-order valence-corrected chi connectivity index (χ1v) is 7.05. The van der Waals surface area contributed by atoms with E-state index in [1.807, 2.05) is 41.9 Å². The van der Waals surface area contributed by atoms with Crippen molar-refractivity contribution in [2.24, 2.45) is 0 Å². The van der Waals surface area contributed by atoms with E-state index in [9.17, 15) is 5.26 Å².